The molecule has 0 unspecified atom stereocenters. The Morgan fingerprint density at radius 3 is 3.00 bits per heavy atom. The zero-order chi connectivity index (χ0) is 9.54. The Morgan fingerprint density at radius 2 is 2.43 bits per heavy atom. The number of pyridine rings is 1. The van der Waals surface area contributed by atoms with Gasteiger partial charge in [0.05, 0.1) is 18.8 Å². The summed E-state index contributed by atoms with van der Waals surface area (Å²) in [4.78, 5) is 6.75. The van der Waals surface area contributed by atoms with E-state index in [4.69, 9.17) is 4.74 Å². The Balaban J connectivity index is 1.86. The van der Waals surface area contributed by atoms with Gasteiger partial charge < -0.3 is 9.64 Å². The lowest BCUT2D eigenvalue weighted by Gasteiger charge is -2.27. The molecule has 2 saturated heterocycles. The van der Waals surface area contributed by atoms with Crippen LogP contribution in [0.3, 0.4) is 0 Å². The van der Waals surface area contributed by atoms with Crippen LogP contribution in [0.1, 0.15) is 6.42 Å². The highest BCUT2D eigenvalue weighted by atomic mass is 79.9. The summed E-state index contributed by atoms with van der Waals surface area (Å²) in [5, 5.41) is 0. The van der Waals surface area contributed by atoms with Gasteiger partial charge in [-0.25, -0.2) is 4.98 Å². The quantitative estimate of drug-likeness (QED) is 0.765. The van der Waals surface area contributed by atoms with Crippen LogP contribution in [0, 0.1) is 0 Å². The lowest BCUT2D eigenvalue weighted by Crippen LogP contribution is -2.37. The Hall–Kier alpha value is -0.610. The van der Waals surface area contributed by atoms with Gasteiger partial charge in [0.2, 0.25) is 0 Å². The average molecular weight is 255 g/mol. The van der Waals surface area contributed by atoms with E-state index in [1.807, 2.05) is 12.3 Å². The Labute approximate surface area is 91.2 Å². The van der Waals surface area contributed by atoms with Crippen molar-refractivity contribution in [1.29, 1.82) is 0 Å². The highest BCUT2D eigenvalue weighted by molar-refractivity contribution is 9.10. The van der Waals surface area contributed by atoms with Crippen molar-refractivity contribution < 1.29 is 4.74 Å². The van der Waals surface area contributed by atoms with Crippen LogP contribution in [0.15, 0.2) is 22.8 Å². The van der Waals surface area contributed by atoms with Gasteiger partial charge in [-0.1, -0.05) is 0 Å². The third-order valence-electron chi connectivity index (χ3n) is 2.91. The van der Waals surface area contributed by atoms with Gasteiger partial charge in [0.25, 0.3) is 0 Å². The topological polar surface area (TPSA) is 25.4 Å². The minimum Gasteiger partial charge on any atom is -0.374 e. The third kappa shape index (κ3) is 1.33. The summed E-state index contributed by atoms with van der Waals surface area (Å²) in [5.41, 5.74) is 0. The summed E-state index contributed by atoms with van der Waals surface area (Å²) >= 11 is 3.39. The number of rotatable bonds is 1. The van der Waals surface area contributed by atoms with E-state index >= 15 is 0 Å². The first-order valence-corrected chi connectivity index (χ1v) is 5.62. The second-order valence-corrected chi connectivity index (χ2v) is 4.75. The van der Waals surface area contributed by atoms with Gasteiger partial charge in [-0.15, -0.1) is 0 Å². The predicted octanol–water partition coefficient (Wildman–Crippen LogP) is 1.82. The molecule has 0 amide bonds. The highest BCUT2D eigenvalue weighted by Crippen LogP contribution is 2.31. The van der Waals surface area contributed by atoms with Gasteiger partial charge in [-0.2, -0.15) is 0 Å². The van der Waals surface area contributed by atoms with Gasteiger partial charge in [0, 0.05) is 17.2 Å². The van der Waals surface area contributed by atoms with Crippen molar-refractivity contribution in [2.45, 2.75) is 18.6 Å². The molecule has 2 aliphatic rings. The first-order valence-electron chi connectivity index (χ1n) is 4.83. The van der Waals surface area contributed by atoms with Gasteiger partial charge in [-0.3, -0.25) is 0 Å². The monoisotopic (exact) mass is 254 g/mol. The third-order valence-corrected chi connectivity index (χ3v) is 3.38. The van der Waals surface area contributed by atoms with Crippen LogP contribution in [0.2, 0.25) is 0 Å². The largest absolute Gasteiger partial charge is 0.374 e. The molecule has 14 heavy (non-hydrogen) atoms. The number of aromatic nitrogens is 1. The van der Waals surface area contributed by atoms with Crippen LogP contribution in [0.5, 0.6) is 0 Å². The van der Waals surface area contributed by atoms with Crippen LogP contribution < -0.4 is 4.90 Å². The molecule has 0 saturated carbocycles. The molecule has 1 aromatic rings. The summed E-state index contributed by atoms with van der Waals surface area (Å²) in [5.74, 6) is 1.07. The zero-order valence-electron chi connectivity index (χ0n) is 7.69. The molecular formula is C10H11BrN2O. The van der Waals surface area contributed by atoms with E-state index < -0.39 is 0 Å². The number of fused-ring (bicyclic) bond motifs is 2. The van der Waals surface area contributed by atoms with Gasteiger partial charge in [0.15, 0.2) is 0 Å². The molecule has 0 spiro atoms. The fourth-order valence-corrected chi connectivity index (χ4v) is 2.45. The molecule has 4 heteroatoms. The smallest absolute Gasteiger partial charge is 0.128 e. The van der Waals surface area contributed by atoms with Crippen molar-refractivity contribution in [3.8, 4) is 0 Å². The molecule has 0 N–H and O–H groups in total. The first kappa shape index (κ1) is 8.68. The maximum absolute atomic E-state index is 5.55. The van der Waals surface area contributed by atoms with Crippen LogP contribution in [0.4, 0.5) is 5.82 Å². The van der Waals surface area contributed by atoms with Crippen molar-refractivity contribution in [2.24, 2.45) is 0 Å². The van der Waals surface area contributed by atoms with Crippen LogP contribution in [-0.2, 0) is 4.74 Å². The molecule has 1 aromatic heterocycles. The number of hydrogen-bond donors (Lipinski definition) is 0. The summed E-state index contributed by atoms with van der Waals surface area (Å²) in [6.07, 6.45) is 3.45. The fourth-order valence-electron chi connectivity index (χ4n) is 2.22. The van der Waals surface area contributed by atoms with Crippen LogP contribution in [-0.4, -0.2) is 30.3 Å². The molecule has 2 atom stereocenters. The molecule has 3 nitrogen and oxygen atoms in total. The maximum Gasteiger partial charge on any atom is 0.128 e. The molecule has 3 rings (SSSR count). The number of hydrogen-bond acceptors (Lipinski definition) is 3. The van der Waals surface area contributed by atoms with E-state index in [0.717, 1.165) is 29.9 Å². The SMILES string of the molecule is Brc1ccc(N2C[C@@H]3C[C@H]2CO3)nc1. The van der Waals surface area contributed by atoms with E-state index in [2.05, 4.69) is 31.9 Å². The molecule has 3 heterocycles. The molecule has 74 valence electrons. The second-order valence-electron chi connectivity index (χ2n) is 3.83. The maximum atomic E-state index is 5.55. The van der Waals surface area contributed by atoms with Crippen molar-refractivity contribution in [3.63, 3.8) is 0 Å². The minimum absolute atomic E-state index is 0.436. The summed E-state index contributed by atoms with van der Waals surface area (Å²) in [6, 6.07) is 4.65. The van der Waals surface area contributed by atoms with E-state index in [0.29, 0.717) is 12.1 Å². The van der Waals surface area contributed by atoms with Gasteiger partial charge in [-0.05, 0) is 34.5 Å². The zero-order valence-corrected chi connectivity index (χ0v) is 9.27. The van der Waals surface area contributed by atoms with E-state index in [9.17, 15) is 0 Å². The standard InChI is InChI=1S/C10H11BrN2O/c11-7-1-2-10(12-4-7)13-5-9-3-8(13)6-14-9/h1-2,4,8-9H,3,5-6H2/t8-,9-/m0/s1. The van der Waals surface area contributed by atoms with Crippen molar-refractivity contribution in [3.05, 3.63) is 22.8 Å². The fraction of sp³-hybridized carbons (Fsp3) is 0.500. The van der Waals surface area contributed by atoms with Crippen molar-refractivity contribution >= 4 is 21.7 Å². The molecule has 2 fully saturated rings. The molecular weight excluding hydrogens is 244 g/mol. The van der Waals surface area contributed by atoms with Crippen molar-refractivity contribution in [2.75, 3.05) is 18.1 Å². The number of halogens is 1. The van der Waals surface area contributed by atoms with Gasteiger partial charge >= 0.3 is 0 Å². The van der Waals surface area contributed by atoms with E-state index in [-0.39, 0.29) is 0 Å². The number of anilines is 1. The summed E-state index contributed by atoms with van der Waals surface area (Å²) < 4.78 is 6.58. The Kier molecular flexibility index (Phi) is 1.99. The average Bonchev–Trinajstić information content (AvgIpc) is 2.80. The molecule has 2 bridgehead atoms. The van der Waals surface area contributed by atoms with Crippen molar-refractivity contribution in [1.82, 2.24) is 4.98 Å². The molecule has 2 aliphatic heterocycles. The van der Waals surface area contributed by atoms with Crippen LogP contribution in [0.25, 0.3) is 0 Å². The number of nitrogens with zero attached hydrogens (tertiary/aromatic N) is 2. The minimum atomic E-state index is 0.436. The normalized spacial score (nSPS) is 29.9. The van der Waals surface area contributed by atoms with Crippen LogP contribution >= 0.6 is 15.9 Å². The number of ether oxygens (including phenoxy) is 1. The van der Waals surface area contributed by atoms with E-state index in [1.54, 1.807) is 0 Å². The summed E-state index contributed by atoms with van der Waals surface area (Å²) in [7, 11) is 0. The Bertz CT molecular complexity index is 340. The first-order chi connectivity index (χ1) is 6.83. The summed E-state index contributed by atoms with van der Waals surface area (Å²) in [6.45, 7) is 1.86. The lowest BCUT2D eigenvalue weighted by atomic mass is 10.2. The van der Waals surface area contributed by atoms with E-state index in [1.165, 1.54) is 0 Å². The molecule has 0 aliphatic carbocycles. The molecule has 0 aromatic carbocycles. The second kappa shape index (κ2) is 3.21. The van der Waals surface area contributed by atoms with Gasteiger partial charge in [0.1, 0.15) is 5.82 Å². The molecule has 0 radical (unpaired) electrons. The predicted molar refractivity (Wildman–Crippen MR) is 57.4 cm³/mol. The Morgan fingerprint density at radius 1 is 1.50 bits per heavy atom. The lowest BCUT2D eigenvalue weighted by molar-refractivity contribution is 0.0989. The highest BCUT2D eigenvalue weighted by Gasteiger charge is 2.39. The number of morpholine rings is 1.